The highest BCUT2D eigenvalue weighted by molar-refractivity contribution is 6.45. The van der Waals surface area contributed by atoms with Crippen LogP contribution in [0, 0.1) is 0 Å². The van der Waals surface area contributed by atoms with Gasteiger partial charge in [0.15, 0.2) is 0 Å². The van der Waals surface area contributed by atoms with Crippen molar-refractivity contribution in [1.82, 2.24) is 0 Å². The second kappa shape index (κ2) is 13.2. The van der Waals surface area contributed by atoms with E-state index in [0.29, 0.717) is 0 Å². The van der Waals surface area contributed by atoms with Crippen LogP contribution in [0.15, 0.2) is 182 Å². The van der Waals surface area contributed by atoms with E-state index >= 15 is 0 Å². The Morgan fingerprint density at radius 1 is 0.242 bits per heavy atom. The van der Waals surface area contributed by atoms with Gasteiger partial charge < -0.3 is 0 Å². The van der Waals surface area contributed by atoms with E-state index in [2.05, 4.69) is 224 Å². The van der Waals surface area contributed by atoms with Crippen LogP contribution in [0.4, 0.5) is 0 Å². The Kier molecular flexibility index (Phi) is 7.86. The highest BCUT2D eigenvalue weighted by Crippen LogP contribution is 2.55. The largest absolute Gasteiger partial charge is 0.0622 e. The summed E-state index contributed by atoms with van der Waals surface area (Å²) in [6.07, 6.45) is 0. The molecular formula is C62H48. The Morgan fingerprint density at radius 2 is 0.726 bits per heavy atom. The molecule has 0 aliphatic rings. The minimum Gasteiger partial charge on any atom is -0.0622 e. The second-order valence-corrected chi connectivity index (χ2v) is 19.6. The van der Waals surface area contributed by atoms with Gasteiger partial charge in [-0.25, -0.2) is 0 Å². The lowest BCUT2D eigenvalue weighted by atomic mass is 9.81. The highest BCUT2D eigenvalue weighted by Gasteiger charge is 2.28. The van der Waals surface area contributed by atoms with E-state index < -0.39 is 0 Å². The molecule has 0 aliphatic heterocycles. The zero-order chi connectivity index (χ0) is 42.1. The summed E-state index contributed by atoms with van der Waals surface area (Å²) in [5.74, 6) is 0. The number of fused-ring (bicyclic) bond motifs is 8. The van der Waals surface area contributed by atoms with Gasteiger partial charge in [0.05, 0.1) is 0 Å². The van der Waals surface area contributed by atoms with Crippen molar-refractivity contribution in [3.8, 4) is 44.5 Å². The fraction of sp³-hybridized carbons (Fsp3) is 0.129. The molecule has 0 heterocycles. The maximum Gasteiger partial charge on any atom is -0.000719 e. The minimum absolute atomic E-state index is 0.00562. The summed E-state index contributed by atoms with van der Waals surface area (Å²) < 4.78 is 0. The molecule has 0 saturated heterocycles. The molecule has 0 spiro atoms. The molecule has 0 fully saturated rings. The van der Waals surface area contributed by atoms with Gasteiger partial charge in [0.25, 0.3) is 0 Å². The van der Waals surface area contributed by atoms with Gasteiger partial charge in [0, 0.05) is 0 Å². The summed E-state index contributed by atoms with van der Waals surface area (Å²) in [5.41, 5.74) is 12.9. The van der Waals surface area contributed by atoms with E-state index in [9.17, 15) is 0 Å². The third-order valence-corrected chi connectivity index (χ3v) is 13.9. The molecule has 0 aromatic heterocycles. The summed E-state index contributed by atoms with van der Waals surface area (Å²) >= 11 is 0. The topological polar surface area (TPSA) is 0 Å². The monoisotopic (exact) mass is 792 g/mol. The summed E-state index contributed by atoms with van der Waals surface area (Å²) in [7, 11) is 0. The van der Waals surface area contributed by atoms with Crippen molar-refractivity contribution in [3.63, 3.8) is 0 Å². The van der Waals surface area contributed by atoms with Gasteiger partial charge in [0.2, 0.25) is 0 Å². The quantitative estimate of drug-likeness (QED) is 0.156. The number of hydrogen-bond donors (Lipinski definition) is 0. The van der Waals surface area contributed by atoms with E-state index in [1.54, 1.807) is 0 Å². The van der Waals surface area contributed by atoms with Gasteiger partial charge in [-0.2, -0.15) is 0 Å². The third kappa shape index (κ3) is 5.32. The molecule has 0 unspecified atom stereocenters. The Morgan fingerprint density at radius 3 is 1.39 bits per heavy atom. The van der Waals surface area contributed by atoms with Gasteiger partial charge >= 0.3 is 0 Å². The van der Waals surface area contributed by atoms with E-state index in [4.69, 9.17) is 0 Å². The van der Waals surface area contributed by atoms with E-state index in [-0.39, 0.29) is 10.8 Å². The van der Waals surface area contributed by atoms with Crippen molar-refractivity contribution in [2.45, 2.75) is 52.4 Å². The predicted octanol–water partition coefficient (Wildman–Crippen LogP) is 17.9. The molecule has 0 amide bonds. The number of rotatable bonds is 4. The Hall–Kier alpha value is -7.02. The SMILES string of the molecule is CC(C)(C)c1ccc(-c2ccc(C(C)(C)C)cc2-c2ccc3c4c(-c5ccccc5)c5cc6c7ccccc7c7cccc(c5c(-c5ccccc5)c4c4cccc2c34)c76)cc1. The number of hydrogen-bond acceptors (Lipinski definition) is 0. The fourth-order valence-corrected chi connectivity index (χ4v) is 10.9. The first-order chi connectivity index (χ1) is 30.1. The minimum atomic E-state index is -0.00562. The third-order valence-electron chi connectivity index (χ3n) is 13.9. The average Bonchev–Trinajstić information content (AvgIpc) is 3.79. The lowest BCUT2D eigenvalue weighted by molar-refractivity contribution is 0.590. The molecule has 12 rings (SSSR count). The molecule has 0 aliphatic carbocycles. The van der Waals surface area contributed by atoms with Gasteiger partial charge in [-0.15, -0.1) is 0 Å². The van der Waals surface area contributed by atoms with Crippen LogP contribution in [0.5, 0.6) is 0 Å². The molecule has 0 saturated carbocycles. The molecule has 296 valence electrons. The van der Waals surface area contributed by atoms with Crippen LogP contribution in [-0.2, 0) is 10.8 Å². The smallest absolute Gasteiger partial charge is 0.000719 e. The van der Waals surface area contributed by atoms with Gasteiger partial charge in [0.1, 0.15) is 0 Å². The molecule has 0 bridgehead atoms. The maximum absolute atomic E-state index is 2.53. The van der Waals surface area contributed by atoms with Crippen LogP contribution in [0.1, 0.15) is 52.7 Å². The standard InChI is InChI=1S/C62H48/c1-61(2,3)40-29-27-37(28-30-40)42-32-31-41(62(4,5)6)35-51(42)45-33-34-50-56-47(45)24-16-26-49(56)60-55(39-19-11-8-12-20-39)58-48-25-15-23-46-43-21-13-14-22-44(43)52(57(46)48)36-53(58)54(59(50)60)38-17-9-7-10-18-38/h7-36H,1-6H3. The van der Waals surface area contributed by atoms with Gasteiger partial charge in [-0.3, -0.25) is 0 Å². The normalized spacial score (nSPS) is 12.7. The summed E-state index contributed by atoms with van der Waals surface area (Å²) in [5, 5.41) is 18.5. The Bertz CT molecular complexity index is 3710. The second-order valence-electron chi connectivity index (χ2n) is 19.6. The average molecular weight is 793 g/mol. The van der Waals surface area contributed by atoms with Crippen molar-refractivity contribution < 1.29 is 0 Å². The van der Waals surface area contributed by atoms with Crippen LogP contribution in [-0.4, -0.2) is 0 Å². The maximum atomic E-state index is 2.53. The first kappa shape index (κ1) is 36.8. The summed E-state index contributed by atoms with van der Waals surface area (Å²) in [6.45, 7) is 13.8. The van der Waals surface area contributed by atoms with Crippen molar-refractivity contribution in [1.29, 1.82) is 0 Å². The highest BCUT2D eigenvalue weighted by atomic mass is 14.3. The zero-order valence-electron chi connectivity index (χ0n) is 36.3. The van der Waals surface area contributed by atoms with Crippen LogP contribution >= 0.6 is 0 Å². The molecule has 12 aromatic rings. The van der Waals surface area contributed by atoms with E-state index in [0.717, 1.165) is 0 Å². The molecular weight excluding hydrogens is 745 g/mol. The molecule has 0 heteroatoms. The van der Waals surface area contributed by atoms with Crippen molar-refractivity contribution in [3.05, 3.63) is 193 Å². The van der Waals surface area contributed by atoms with Crippen LogP contribution < -0.4 is 0 Å². The lowest BCUT2D eigenvalue weighted by Crippen LogP contribution is -2.11. The molecule has 0 N–H and O–H groups in total. The summed E-state index contributed by atoms with van der Waals surface area (Å²) in [6, 6.07) is 69.2. The molecule has 0 nitrogen and oxygen atoms in total. The van der Waals surface area contributed by atoms with E-state index in [1.165, 1.54) is 131 Å². The predicted molar refractivity (Wildman–Crippen MR) is 270 cm³/mol. The Labute approximate surface area is 363 Å². The molecule has 12 aromatic carbocycles. The Balaban J connectivity index is 1.27. The van der Waals surface area contributed by atoms with Crippen LogP contribution in [0.2, 0.25) is 0 Å². The first-order valence-electron chi connectivity index (χ1n) is 22.2. The molecule has 62 heavy (non-hydrogen) atoms. The van der Waals surface area contributed by atoms with Crippen molar-refractivity contribution in [2.24, 2.45) is 0 Å². The fourth-order valence-electron chi connectivity index (χ4n) is 10.9. The van der Waals surface area contributed by atoms with Crippen molar-refractivity contribution >= 4 is 75.4 Å². The number of benzene rings is 10. The van der Waals surface area contributed by atoms with Crippen LogP contribution in [0.25, 0.3) is 120 Å². The van der Waals surface area contributed by atoms with Gasteiger partial charge in [-0.1, -0.05) is 211 Å². The lowest BCUT2D eigenvalue weighted by Gasteiger charge is -2.23. The van der Waals surface area contributed by atoms with E-state index in [1.807, 2.05) is 0 Å². The molecule has 0 atom stereocenters. The zero-order valence-corrected chi connectivity index (χ0v) is 36.3. The van der Waals surface area contributed by atoms with Gasteiger partial charge in [-0.05, 0) is 154 Å². The van der Waals surface area contributed by atoms with Crippen molar-refractivity contribution in [2.75, 3.05) is 0 Å². The van der Waals surface area contributed by atoms with Crippen LogP contribution in [0.3, 0.4) is 0 Å². The first-order valence-corrected chi connectivity index (χ1v) is 22.2. The summed E-state index contributed by atoms with van der Waals surface area (Å²) in [4.78, 5) is 0. The molecule has 0 radical (unpaired) electrons.